The molecule has 0 aromatic heterocycles. The number of benzene rings is 6. The van der Waals surface area contributed by atoms with Crippen molar-refractivity contribution < 1.29 is 18.9 Å². The molecule has 0 spiro atoms. The van der Waals surface area contributed by atoms with Crippen molar-refractivity contribution >= 4 is 0 Å². The van der Waals surface area contributed by atoms with Crippen molar-refractivity contribution in [2.75, 3.05) is 7.05 Å². The van der Waals surface area contributed by atoms with Crippen LogP contribution in [0.5, 0.6) is 23.0 Å². The number of hydrogen-bond acceptors (Lipinski definition) is 7. The smallest absolute Gasteiger partial charge is 0.162 e. The van der Waals surface area contributed by atoms with Crippen LogP contribution in [0.4, 0.5) is 0 Å². The van der Waals surface area contributed by atoms with E-state index in [1.807, 2.05) is 92.0 Å². The van der Waals surface area contributed by atoms with Crippen LogP contribution in [0.25, 0.3) is 0 Å². The number of ether oxygens (including phenoxy) is 4. The van der Waals surface area contributed by atoms with Crippen LogP contribution in [0.1, 0.15) is 60.1 Å². The summed E-state index contributed by atoms with van der Waals surface area (Å²) in [5.74, 6) is 2.89. The molecule has 0 radical (unpaired) electrons. The minimum absolute atomic E-state index is 0.0813. The molecular formula is C49H55N3O4. The molecule has 6 aromatic rings. The van der Waals surface area contributed by atoms with Crippen LogP contribution in [0, 0.1) is 0 Å². The Hall–Kier alpha value is -5.60. The molecule has 0 bridgehead atoms. The van der Waals surface area contributed by atoms with Crippen LogP contribution in [-0.4, -0.2) is 24.3 Å². The van der Waals surface area contributed by atoms with Crippen LogP contribution >= 0.6 is 0 Å². The Morgan fingerprint density at radius 3 is 1.11 bits per heavy atom. The van der Waals surface area contributed by atoms with E-state index in [0.717, 1.165) is 69.2 Å². The predicted molar refractivity (Wildman–Crippen MR) is 226 cm³/mol. The number of nitrogens with zero attached hydrogens (tertiary/aromatic N) is 1. The van der Waals surface area contributed by atoms with Crippen molar-refractivity contribution in [2.24, 2.45) is 0 Å². The van der Waals surface area contributed by atoms with Gasteiger partial charge < -0.3 is 24.3 Å². The quantitative estimate of drug-likeness (QED) is 0.0670. The number of hydrogen-bond donors (Lipinski definition) is 2. The molecule has 0 heterocycles. The molecule has 0 amide bonds. The summed E-state index contributed by atoms with van der Waals surface area (Å²) < 4.78 is 25.7. The molecular weight excluding hydrogens is 695 g/mol. The summed E-state index contributed by atoms with van der Waals surface area (Å²) in [6.07, 6.45) is 2.11. The zero-order valence-corrected chi connectivity index (χ0v) is 32.9. The fourth-order valence-corrected chi connectivity index (χ4v) is 6.57. The second kappa shape index (κ2) is 21.5. The van der Waals surface area contributed by atoms with Crippen LogP contribution in [0.2, 0.25) is 0 Å². The summed E-state index contributed by atoms with van der Waals surface area (Å²) in [4.78, 5) is 2.49. The Balaban J connectivity index is 1.28. The van der Waals surface area contributed by atoms with Crippen molar-refractivity contribution in [1.82, 2.24) is 15.5 Å². The van der Waals surface area contributed by atoms with Gasteiger partial charge >= 0.3 is 0 Å². The molecule has 0 fully saturated rings. The van der Waals surface area contributed by atoms with E-state index in [0.29, 0.717) is 39.5 Å². The summed E-state index contributed by atoms with van der Waals surface area (Å²) in [6, 6.07) is 53.6. The Kier molecular flexibility index (Phi) is 15.4. The average Bonchev–Trinajstić information content (AvgIpc) is 3.26. The lowest BCUT2D eigenvalue weighted by Crippen LogP contribution is -2.52. The van der Waals surface area contributed by atoms with Gasteiger partial charge in [0.25, 0.3) is 0 Å². The molecule has 7 heteroatoms. The summed E-state index contributed by atoms with van der Waals surface area (Å²) in [5, 5.41) is 7.31. The van der Waals surface area contributed by atoms with Gasteiger partial charge in [-0.2, -0.15) is 0 Å². The van der Waals surface area contributed by atoms with Gasteiger partial charge in [-0.1, -0.05) is 147 Å². The van der Waals surface area contributed by atoms with E-state index in [-0.39, 0.29) is 12.3 Å². The minimum atomic E-state index is 0.0813. The first-order valence-electron chi connectivity index (χ1n) is 19.7. The maximum Gasteiger partial charge on any atom is 0.162 e. The molecule has 0 aliphatic heterocycles. The van der Waals surface area contributed by atoms with E-state index in [9.17, 15) is 0 Å². The summed E-state index contributed by atoms with van der Waals surface area (Å²) >= 11 is 0. The van der Waals surface area contributed by atoms with Gasteiger partial charge in [0.1, 0.15) is 26.4 Å². The van der Waals surface area contributed by atoms with Crippen LogP contribution < -0.4 is 29.6 Å². The van der Waals surface area contributed by atoms with Gasteiger partial charge in [0.15, 0.2) is 23.0 Å². The highest BCUT2D eigenvalue weighted by Gasteiger charge is 2.22. The molecule has 0 saturated heterocycles. The first-order valence-corrected chi connectivity index (χ1v) is 19.7. The van der Waals surface area contributed by atoms with E-state index < -0.39 is 0 Å². The molecule has 2 unspecified atom stereocenters. The molecule has 0 aliphatic carbocycles. The largest absolute Gasteiger partial charge is 0.485 e. The monoisotopic (exact) mass is 749 g/mol. The average molecular weight is 750 g/mol. The summed E-state index contributed by atoms with van der Waals surface area (Å²) in [7, 11) is 2.01. The van der Waals surface area contributed by atoms with Gasteiger partial charge in [0.05, 0.1) is 12.3 Å². The first-order chi connectivity index (χ1) is 27.6. The Morgan fingerprint density at radius 1 is 0.429 bits per heavy atom. The molecule has 6 rings (SSSR count). The standard InChI is InChI=1S/C49H55N3O4/c1-4-48(50-3)51-49(5-2)52(32-42-26-28-44(53-34-38-18-10-6-11-19-38)46(30-42)55-36-40-22-14-8-15-23-40)33-43-27-29-45(54-35-39-20-12-7-13-21-39)47(31-43)56-37-41-24-16-9-17-25-41/h6-31,48-51H,4-5,32-37H2,1-3H3. The van der Waals surface area contributed by atoms with E-state index in [1.54, 1.807) is 0 Å². The normalized spacial score (nSPS) is 12.2. The lowest BCUT2D eigenvalue weighted by molar-refractivity contribution is 0.124. The highest BCUT2D eigenvalue weighted by molar-refractivity contribution is 5.45. The molecule has 6 aromatic carbocycles. The molecule has 2 N–H and O–H groups in total. The summed E-state index contributed by atoms with van der Waals surface area (Å²) in [6.45, 7) is 7.59. The van der Waals surface area contributed by atoms with Crippen molar-refractivity contribution in [2.45, 2.75) is 78.5 Å². The topological polar surface area (TPSA) is 64.2 Å². The maximum atomic E-state index is 6.49. The van der Waals surface area contributed by atoms with E-state index in [4.69, 9.17) is 18.9 Å². The highest BCUT2D eigenvalue weighted by atomic mass is 16.5. The molecule has 0 aliphatic rings. The van der Waals surface area contributed by atoms with Crippen molar-refractivity contribution in [3.8, 4) is 23.0 Å². The Labute approximate surface area is 333 Å². The van der Waals surface area contributed by atoms with Crippen LogP contribution in [-0.2, 0) is 39.5 Å². The van der Waals surface area contributed by atoms with Crippen molar-refractivity contribution in [3.63, 3.8) is 0 Å². The zero-order valence-electron chi connectivity index (χ0n) is 32.9. The second-order valence-electron chi connectivity index (χ2n) is 13.9. The van der Waals surface area contributed by atoms with Gasteiger partial charge in [-0.3, -0.25) is 10.2 Å². The zero-order chi connectivity index (χ0) is 38.8. The molecule has 56 heavy (non-hydrogen) atoms. The number of rotatable bonds is 22. The van der Waals surface area contributed by atoms with Gasteiger partial charge in [0.2, 0.25) is 0 Å². The highest BCUT2D eigenvalue weighted by Crippen LogP contribution is 2.33. The van der Waals surface area contributed by atoms with Crippen molar-refractivity contribution in [1.29, 1.82) is 0 Å². The lowest BCUT2D eigenvalue weighted by Gasteiger charge is -2.35. The number of nitrogens with one attached hydrogen (secondary N) is 2. The maximum absolute atomic E-state index is 6.49. The lowest BCUT2D eigenvalue weighted by atomic mass is 10.1. The molecule has 0 saturated carbocycles. The molecule has 2 atom stereocenters. The predicted octanol–water partition coefficient (Wildman–Crippen LogP) is 10.3. The fraction of sp³-hybridized carbons (Fsp3) is 0.265. The van der Waals surface area contributed by atoms with Gasteiger partial charge in [-0.15, -0.1) is 0 Å². The van der Waals surface area contributed by atoms with Gasteiger partial charge in [0, 0.05) is 13.1 Å². The Bertz CT molecular complexity index is 1870. The van der Waals surface area contributed by atoms with E-state index in [2.05, 4.69) is 102 Å². The van der Waals surface area contributed by atoms with Gasteiger partial charge in [-0.05, 0) is 77.5 Å². The molecule has 7 nitrogen and oxygen atoms in total. The first kappa shape index (κ1) is 40.1. The van der Waals surface area contributed by atoms with Crippen molar-refractivity contribution in [3.05, 3.63) is 191 Å². The minimum Gasteiger partial charge on any atom is -0.485 e. The second-order valence-corrected chi connectivity index (χ2v) is 13.9. The fourth-order valence-electron chi connectivity index (χ4n) is 6.57. The van der Waals surface area contributed by atoms with Gasteiger partial charge in [-0.25, -0.2) is 0 Å². The third-order valence-electron chi connectivity index (χ3n) is 9.71. The van der Waals surface area contributed by atoms with Crippen LogP contribution in [0.15, 0.2) is 158 Å². The summed E-state index contributed by atoms with van der Waals surface area (Å²) in [5.41, 5.74) is 6.66. The Morgan fingerprint density at radius 2 is 0.786 bits per heavy atom. The third kappa shape index (κ3) is 12.2. The molecule has 290 valence electrons. The van der Waals surface area contributed by atoms with E-state index in [1.165, 1.54) is 0 Å². The third-order valence-corrected chi connectivity index (χ3v) is 9.71. The van der Waals surface area contributed by atoms with Crippen LogP contribution in [0.3, 0.4) is 0 Å². The SMILES string of the molecule is CCC(NC)NC(CC)N(Cc1ccc(OCc2ccccc2)c(OCc2ccccc2)c1)Cc1ccc(OCc2ccccc2)c(OCc2ccccc2)c1. The van der Waals surface area contributed by atoms with E-state index >= 15 is 0 Å².